The van der Waals surface area contributed by atoms with Crippen molar-refractivity contribution >= 4 is 17.5 Å². The molecular weight excluding hydrogens is 413 g/mol. The quantitative estimate of drug-likeness (QED) is 0.658. The van der Waals surface area contributed by atoms with Crippen LogP contribution in [-0.4, -0.2) is 55.2 Å². The van der Waals surface area contributed by atoms with Crippen LogP contribution >= 0.6 is 0 Å². The molecule has 170 valence electrons. The van der Waals surface area contributed by atoms with Gasteiger partial charge < -0.3 is 14.4 Å². The van der Waals surface area contributed by atoms with Gasteiger partial charge in [0.15, 0.2) is 0 Å². The summed E-state index contributed by atoms with van der Waals surface area (Å²) >= 11 is 0. The molecule has 7 nitrogen and oxygen atoms in total. The monoisotopic (exact) mass is 441 g/mol. The summed E-state index contributed by atoms with van der Waals surface area (Å²) in [4.78, 5) is 26.9. The fraction of sp³-hybridized carbons (Fsp3) is 0.375. The number of hydrogen-bond donors (Lipinski definition) is 0. The summed E-state index contributed by atoms with van der Waals surface area (Å²) in [5.74, 6) is -0.0129. The van der Waals surface area contributed by atoms with Gasteiger partial charge >= 0.3 is 0 Å². The van der Waals surface area contributed by atoms with Crippen molar-refractivity contribution in [3.8, 4) is 11.5 Å². The molecule has 2 amide bonds. The SMILES string of the molecule is COc1ccc(OC)c(C2CC(c3ccccc3F)=NN2C(=O)CN(C)C(=O)C(C)C)c1. The zero-order valence-electron chi connectivity index (χ0n) is 19.0. The Kier molecular flexibility index (Phi) is 7.12. The summed E-state index contributed by atoms with van der Waals surface area (Å²) in [7, 11) is 4.68. The zero-order chi connectivity index (χ0) is 23.4. The lowest BCUT2D eigenvalue weighted by Crippen LogP contribution is -2.40. The summed E-state index contributed by atoms with van der Waals surface area (Å²) < 4.78 is 25.4. The van der Waals surface area contributed by atoms with Crippen molar-refractivity contribution in [3.05, 3.63) is 59.4 Å². The molecule has 32 heavy (non-hydrogen) atoms. The molecule has 0 radical (unpaired) electrons. The smallest absolute Gasteiger partial charge is 0.262 e. The van der Waals surface area contributed by atoms with E-state index < -0.39 is 11.9 Å². The Hall–Kier alpha value is -3.42. The van der Waals surface area contributed by atoms with Crippen LogP contribution in [0.1, 0.15) is 37.4 Å². The molecule has 0 aliphatic carbocycles. The third-order valence-electron chi connectivity index (χ3n) is 5.39. The first-order chi connectivity index (χ1) is 15.3. The second-order valence-corrected chi connectivity index (χ2v) is 7.94. The number of amides is 2. The average molecular weight is 442 g/mol. The fourth-order valence-electron chi connectivity index (χ4n) is 3.73. The number of carbonyl (C=O) groups excluding carboxylic acids is 2. The third-order valence-corrected chi connectivity index (χ3v) is 5.39. The van der Waals surface area contributed by atoms with Crippen LogP contribution in [0.4, 0.5) is 4.39 Å². The van der Waals surface area contributed by atoms with Crippen LogP contribution in [0, 0.1) is 11.7 Å². The number of hydrogen-bond acceptors (Lipinski definition) is 5. The second kappa shape index (κ2) is 9.80. The highest BCUT2D eigenvalue weighted by molar-refractivity contribution is 6.03. The number of hydrazone groups is 1. The van der Waals surface area contributed by atoms with Gasteiger partial charge in [0.25, 0.3) is 5.91 Å². The topological polar surface area (TPSA) is 71.4 Å². The third kappa shape index (κ3) is 4.74. The first kappa shape index (κ1) is 23.2. The van der Waals surface area contributed by atoms with Crippen molar-refractivity contribution in [2.75, 3.05) is 27.8 Å². The van der Waals surface area contributed by atoms with Gasteiger partial charge in [0, 0.05) is 30.5 Å². The van der Waals surface area contributed by atoms with Crippen molar-refractivity contribution in [1.82, 2.24) is 9.91 Å². The number of carbonyl (C=O) groups is 2. The first-order valence-corrected chi connectivity index (χ1v) is 10.4. The molecule has 1 unspecified atom stereocenters. The predicted octanol–water partition coefficient (Wildman–Crippen LogP) is 3.64. The molecule has 3 rings (SSSR count). The Morgan fingerprint density at radius 1 is 1.19 bits per heavy atom. The summed E-state index contributed by atoms with van der Waals surface area (Å²) in [6, 6.07) is 11.1. The highest BCUT2D eigenvalue weighted by atomic mass is 19.1. The van der Waals surface area contributed by atoms with E-state index in [9.17, 15) is 14.0 Å². The van der Waals surface area contributed by atoms with Gasteiger partial charge in [-0.2, -0.15) is 5.10 Å². The van der Waals surface area contributed by atoms with Crippen LogP contribution in [0.25, 0.3) is 0 Å². The van der Waals surface area contributed by atoms with E-state index in [1.165, 1.54) is 16.0 Å². The van der Waals surface area contributed by atoms with Gasteiger partial charge in [0.05, 0.1) is 26.0 Å². The molecule has 0 aromatic heterocycles. The van der Waals surface area contributed by atoms with Crippen LogP contribution in [0.2, 0.25) is 0 Å². The van der Waals surface area contributed by atoms with E-state index in [1.807, 2.05) is 0 Å². The van der Waals surface area contributed by atoms with Crippen LogP contribution < -0.4 is 9.47 Å². The average Bonchev–Trinajstić information content (AvgIpc) is 3.23. The lowest BCUT2D eigenvalue weighted by Gasteiger charge is -2.26. The molecule has 0 spiro atoms. The van der Waals surface area contributed by atoms with E-state index in [1.54, 1.807) is 71.5 Å². The van der Waals surface area contributed by atoms with Gasteiger partial charge in [-0.25, -0.2) is 9.40 Å². The highest BCUT2D eigenvalue weighted by Gasteiger charge is 2.36. The normalized spacial score (nSPS) is 15.5. The van der Waals surface area contributed by atoms with Crippen LogP contribution in [0.3, 0.4) is 0 Å². The summed E-state index contributed by atoms with van der Waals surface area (Å²) in [6.45, 7) is 3.41. The van der Waals surface area contributed by atoms with Gasteiger partial charge in [-0.05, 0) is 24.3 Å². The Morgan fingerprint density at radius 2 is 1.91 bits per heavy atom. The molecular formula is C24H28FN3O4. The van der Waals surface area contributed by atoms with Gasteiger partial charge in [0.1, 0.15) is 23.9 Å². The Bertz CT molecular complexity index is 1040. The Labute approximate surface area is 187 Å². The molecule has 0 saturated heterocycles. The van der Waals surface area contributed by atoms with Crippen molar-refractivity contribution in [3.63, 3.8) is 0 Å². The molecule has 8 heteroatoms. The molecule has 0 saturated carbocycles. The van der Waals surface area contributed by atoms with Gasteiger partial charge in [0.2, 0.25) is 5.91 Å². The molecule has 2 aromatic rings. The maximum Gasteiger partial charge on any atom is 0.262 e. The molecule has 2 aromatic carbocycles. The molecule has 1 aliphatic heterocycles. The highest BCUT2D eigenvalue weighted by Crippen LogP contribution is 2.39. The lowest BCUT2D eigenvalue weighted by atomic mass is 9.97. The van der Waals surface area contributed by atoms with E-state index >= 15 is 0 Å². The lowest BCUT2D eigenvalue weighted by molar-refractivity contribution is -0.142. The molecule has 0 bridgehead atoms. The van der Waals surface area contributed by atoms with E-state index in [0.29, 0.717) is 28.3 Å². The number of benzene rings is 2. The van der Waals surface area contributed by atoms with Crippen molar-refractivity contribution in [2.45, 2.75) is 26.3 Å². The minimum Gasteiger partial charge on any atom is -0.497 e. The van der Waals surface area contributed by atoms with Gasteiger partial charge in [-0.1, -0.05) is 32.0 Å². The number of methoxy groups -OCH3 is 2. The van der Waals surface area contributed by atoms with Gasteiger partial charge in [-0.3, -0.25) is 9.59 Å². The van der Waals surface area contributed by atoms with Crippen molar-refractivity contribution in [1.29, 1.82) is 0 Å². The zero-order valence-corrected chi connectivity index (χ0v) is 19.0. The Balaban J connectivity index is 2.01. The van der Waals surface area contributed by atoms with Crippen LogP contribution in [-0.2, 0) is 9.59 Å². The minimum absolute atomic E-state index is 0.145. The summed E-state index contributed by atoms with van der Waals surface area (Å²) in [5, 5.41) is 5.81. The maximum atomic E-state index is 14.5. The maximum absolute atomic E-state index is 14.5. The Morgan fingerprint density at radius 3 is 2.53 bits per heavy atom. The molecule has 1 aliphatic rings. The van der Waals surface area contributed by atoms with E-state index in [0.717, 1.165) is 0 Å². The number of ether oxygens (including phenoxy) is 2. The minimum atomic E-state index is -0.537. The van der Waals surface area contributed by atoms with Crippen molar-refractivity contribution in [2.24, 2.45) is 11.0 Å². The number of rotatable bonds is 7. The largest absolute Gasteiger partial charge is 0.497 e. The van der Waals surface area contributed by atoms with E-state index in [-0.39, 0.29) is 30.7 Å². The molecule has 0 N–H and O–H groups in total. The molecule has 1 atom stereocenters. The fourth-order valence-corrected chi connectivity index (χ4v) is 3.73. The number of halogens is 1. The van der Waals surface area contributed by atoms with Crippen LogP contribution in [0.15, 0.2) is 47.6 Å². The number of nitrogens with zero attached hydrogens (tertiary/aromatic N) is 3. The number of likely N-dealkylation sites (N-methyl/N-ethyl adjacent to an activating group) is 1. The summed E-state index contributed by atoms with van der Waals surface area (Å²) in [6.07, 6.45) is 0.290. The second-order valence-electron chi connectivity index (χ2n) is 7.94. The van der Waals surface area contributed by atoms with E-state index in [4.69, 9.17) is 9.47 Å². The standard InChI is InChI=1S/C24H28FN3O4/c1-15(2)24(30)27(3)14-23(29)28-21(18-12-16(31-4)10-11-22(18)32-5)13-20(26-28)17-8-6-7-9-19(17)25/h6-12,15,21H,13-14H2,1-5H3. The van der Waals surface area contributed by atoms with E-state index in [2.05, 4.69) is 5.10 Å². The van der Waals surface area contributed by atoms with Gasteiger partial charge in [-0.15, -0.1) is 0 Å². The van der Waals surface area contributed by atoms with Crippen molar-refractivity contribution < 1.29 is 23.5 Å². The molecule has 1 heterocycles. The predicted molar refractivity (Wildman–Crippen MR) is 119 cm³/mol. The first-order valence-electron chi connectivity index (χ1n) is 10.4. The van der Waals surface area contributed by atoms with Crippen LogP contribution in [0.5, 0.6) is 11.5 Å². The summed E-state index contributed by atoms with van der Waals surface area (Å²) in [5.41, 5.74) is 1.47. The molecule has 0 fully saturated rings.